The molecule has 0 saturated carbocycles. The minimum atomic E-state index is -0.0992. The summed E-state index contributed by atoms with van der Waals surface area (Å²) in [6.07, 6.45) is 3.17. The number of benzene rings is 2. The van der Waals surface area contributed by atoms with E-state index in [4.69, 9.17) is 4.74 Å². The van der Waals surface area contributed by atoms with Crippen molar-refractivity contribution in [2.75, 3.05) is 11.1 Å². The Kier molecular flexibility index (Phi) is 6.66. The number of nitrogens with zero attached hydrogens (tertiary/aromatic N) is 2. The van der Waals surface area contributed by atoms with Crippen molar-refractivity contribution < 1.29 is 9.53 Å². The number of nitrogens with one attached hydrogen (secondary N) is 1. The Balaban J connectivity index is 1.62. The second kappa shape index (κ2) is 9.37. The van der Waals surface area contributed by atoms with Crippen LogP contribution >= 0.6 is 11.8 Å². The summed E-state index contributed by atoms with van der Waals surface area (Å²) in [5.41, 5.74) is 3.14. The number of anilines is 1. The van der Waals surface area contributed by atoms with Gasteiger partial charge in [0, 0.05) is 18.1 Å². The summed E-state index contributed by atoms with van der Waals surface area (Å²) >= 11 is 1.30. The molecule has 2 aromatic carbocycles. The van der Waals surface area contributed by atoms with Gasteiger partial charge >= 0.3 is 0 Å². The quantitative estimate of drug-likeness (QED) is 0.542. The Hall–Kier alpha value is -2.86. The molecular formula is C22H23N3O2S. The van der Waals surface area contributed by atoms with Crippen LogP contribution in [0.2, 0.25) is 0 Å². The molecule has 0 fully saturated rings. The molecule has 6 heteroatoms. The molecule has 0 radical (unpaired) electrons. The molecule has 0 aliphatic rings. The van der Waals surface area contributed by atoms with Gasteiger partial charge < -0.3 is 10.1 Å². The molecule has 0 unspecified atom stereocenters. The fourth-order valence-corrected chi connectivity index (χ4v) is 3.20. The second-order valence-electron chi connectivity index (χ2n) is 6.70. The highest BCUT2D eigenvalue weighted by molar-refractivity contribution is 8.00. The number of carbonyl (C=O) groups is 1. The van der Waals surface area contributed by atoms with E-state index < -0.39 is 0 Å². The van der Waals surface area contributed by atoms with Crippen molar-refractivity contribution >= 4 is 23.4 Å². The molecule has 5 nitrogen and oxygen atoms in total. The molecule has 0 aliphatic heterocycles. The highest BCUT2D eigenvalue weighted by Crippen LogP contribution is 2.29. The third-order valence-corrected chi connectivity index (χ3v) is 5.01. The van der Waals surface area contributed by atoms with Crippen molar-refractivity contribution in [2.24, 2.45) is 0 Å². The van der Waals surface area contributed by atoms with Crippen molar-refractivity contribution in [1.29, 1.82) is 0 Å². The molecule has 0 saturated heterocycles. The van der Waals surface area contributed by atoms with Crippen molar-refractivity contribution in [2.45, 2.75) is 31.7 Å². The minimum Gasteiger partial charge on any atom is -0.437 e. The highest BCUT2D eigenvalue weighted by Gasteiger charge is 2.12. The average Bonchev–Trinajstić information content (AvgIpc) is 2.69. The van der Waals surface area contributed by atoms with Crippen LogP contribution in [0, 0.1) is 6.92 Å². The van der Waals surface area contributed by atoms with E-state index in [0.717, 1.165) is 11.3 Å². The van der Waals surface area contributed by atoms with E-state index in [1.807, 2.05) is 49.4 Å². The summed E-state index contributed by atoms with van der Waals surface area (Å²) in [5.74, 6) is 1.61. The number of aromatic nitrogens is 2. The van der Waals surface area contributed by atoms with Crippen LogP contribution in [0.3, 0.4) is 0 Å². The molecule has 1 amide bonds. The predicted molar refractivity (Wildman–Crippen MR) is 113 cm³/mol. The molecule has 0 spiro atoms. The zero-order valence-corrected chi connectivity index (χ0v) is 17.0. The van der Waals surface area contributed by atoms with Crippen molar-refractivity contribution in [3.8, 4) is 11.6 Å². The lowest BCUT2D eigenvalue weighted by Crippen LogP contribution is -2.14. The molecule has 3 aromatic rings. The summed E-state index contributed by atoms with van der Waals surface area (Å²) in [6, 6.07) is 15.6. The summed E-state index contributed by atoms with van der Waals surface area (Å²) in [5, 5.41) is 3.51. The standard InChI is InChI=1S/C22H23N3O2S/c1-15(2)17-5-4-6-18(13-17)25-20(26)14-28-22-21(23-11-12-24-22)27-19-9-7-16(3)8-10-19/h4-13,15H,14H2,1-3H3,(H,25,26). The minimum absolute atomic E-state index is 0.0992. The predicted octanol–water partition coefficient (Wildman–Crippen LogP) is 5.43. The Bertz CT molecular complexity index is 943. The molecule has 1 N–H and O–H groups in total. The molecule has 144 valence electrons. The lowest BCUT2D eigenvalue weighted by molar-refractivity contribution is -0.113. The van der Waals surface area contributed by atoms with Crippen LogP contribution < -0.4 is 10.1 Å². The smallest absolute Gasteiger partial charge is 0.252 e. The Morgan fingerprint density at radius 3 is 2.61 bits per heavy atom. The third-order valence-electron chi connectivity index (χ3n) is 4.05. The van der Waals surface area contributed by atoms with E-state index in [-0.39, 0.29) is 11.7 Å². The van der Waals surface area contributed by atoms with Gasteiger partial charge in [0.05, 0.1) is 5.75 Å². The molecule has 0 aliphatic carbocycles. The van der Waals surface area contributed by atoms with Crippen LogP contribution in [0.5, 0.6) is 11.6 Å². The average molecular weight is 394 g/mol. The number of carbonyl (C=O) groups excluding carboxylic acids is 1. The molecule has 3 rings (SSSR count). The Morgan fingerprint density at radius 2 is 1.86 bits per heavy atom. The van der Waals surface area contributed by atoms with Gasteiger partial charge in [-0.25, -0.2) is 9.97 Å². The van der Waals surface area contributed by atoms with E-state index in [2.05, 4.69) is 35.2 Å². The van der Waals surface area contributed by atoms with Crippen LogP contribution in [0.25, 0.3) is 0 Å². The number of hydrogen-bond donors (Lipinski definition) is 1. The maximum Gasteiger partial charge on any atom is 0.252 e. The fourth-order valence-electron chi connectivity index (χ4n) is 2.51. The van der Waals surface area contributed by atoms with Crippen molar-refractivity contribution in [3.63, 3.8) is 0 Å². The van der Waals surface area contributed by atoms with Crippen molar-refractivity contribution in [1.82, 2.24) is 9.97 Å². The first-order valence-electron chi connectivity index (χ1n) is 9.09. The topological polar surface area (TPSA) is 64.1 Å². The zero-order valence-electron chi connectivity index (χ0n) is 16.2. The van der Waals surface area contributed by atoms with Crippen LogP contribution in [0.1, 0.15) is 30.9 Å². The summed E-state index contributed by atoms with van der Waals surface area (Å²) in [7, 11) is 0. The summed E-state index contributed by atoms with van der Waals surface area (Å²) < 4.78 is 5.83. The van der Waals surface area contributed by atoms with E-state index >= 15 is 0 Å². The van der Waals surface area contributed by atoms with Gasteiger partial charge in [0.15, 0.2) is 5.03 Å². The van der Waals surface area contributed by atoms with Gasteiger partial charge in [-0.2, -0.15) is 0 Å². The number of rotatable bonds is 7. The number of aryl methyl sites for hydroxylation is 1. The van der Waals surface area contributed by atoms with Gasteiger partial charge in [0.1, 0.15) is 5.75 Å². The SMILES string of the molecule is Cc1ccc(Oc2nccnc2SCC(=O)Nc2cccc(C(C)C)c2)cc1. The summed E-state index contributed by atoms with van der Waals surface area (Å²) in [6.45, 7) is 6.27. The fraction of sp³-hybridized carbons (Fsp3) is 0.227. The number of ether oxygens (including phenoxy) is 1. The van der Waals surface area contributed by atoms with Crippen LogP contribution in [0.15, 0.2) is 66.0 Å². The maximum atomic E-state index is 12.4. The van der Waals surface area contributed by atoms with E-state index in [1.165, 1.54) is 17.3 Å². The molecular weight excluding hydrogens is 370 g/mol. The molecule has 0 atom stereocenters. The molecule has 28 heavy (non-hydrogen) atoms. The first-order chi connectivity index (χ1) is 13.5. The van der Waals surface area contributed by atoms with Gasteiger partial charge in [0.25, 0.3) is 5.88 Å². The van der Waals surface area contributed by atoms with E-state index in [0.29, 0.717) is 22.6 Å². The molecule has 1 aromatic heterocycles. The highest BCUT2D eigenvalue weighted by atomic mass is 32.2. The first-order valence-corrected chi connectivity index (χ1v) is 10.1. The van der Waals surface area contributed by atoms with Gasteiger partial charge in [-0.3, -0.25) is 4.79 Å². The normalized spacial score (nSPS) is 10.7. The first kappa shape index (κ1) is 19.9. The van der Waals surface area contributed by atoms with Gasteiger partial charge in [-0.05, 0) is 42.7 Å². The van der Waals surface area contributed by atoms with Crippen molar-refractivity contribution in [3.05, 3.63) is 72.1 Å². The van der Waals surface area contributed by atoms with Crippen LogP contribution in [-0.4, -0.2) is 21.6 Å². The lowest BCUT2D eigenvalue weighted by Gasteiger charge is -2.10. The Labute approximate surface area is 169 Å². The van der Waals surface area contributed by atoms with Crippen LogP contribution in [0.4, 0.5) is 5.69 Å². The monoisotopic (exact) mass is 393 g/mol. The molecule has 1 heterocycles. The second-order valence-corrected chi connectivity index (χ2v) is 7.66. The van der Waals surface area contributed by atoms with E-state index in [1.54, 1.807) is 12.4 Å². The maximum absolute atomic E-state index is 12.4. The van der Waals surface area contributed by atoms with E-state index in [9.17, 15) is 4.79 Å². The zero-order chi connectivity index (χ0) is 19.9. The van der Waals surface area contributed by atoms with Gasteiger partial charge in [-0.1, -0.05) is 55.4 Å². The largest absolute Gasteiger partial charge is 0.437 e. The Morgan fingerprint density at radius 1 is 1.11 bits per heavy atom. The lowest BCUT2D eigenvalue weighted by atomic mass is 10.0. The van der Waals surface area contributed by atoms with Gasteiger partial charge in [-0.15, -0.1) is 0 Å². The summed E-state index contributed by atoms with van der Waals surface area (Å²) in [4.78, 5) is 20.9. The number of thioether (sulfide) groups is 1. The molecule has 0 bridgehead atoms. The third kappa shape index (κ3) is 5.57. The number of hydrogen-bond acceptors (Lipinski definition) is 5. The van der Waals surface area contributed by atoms with Gasteiger partial charge in [0.2, 0.25) is 5.91 Å². The van der Waals surface area contributed by atoms with Crippen LogP contribution in [-0.2, 0) is 4.79 Å². The number of amides is 1.